The van der Waals surface area contributed by atoms with Crippen LogP contribution in [0, 0.1) is 11.8 Å². The van der Waals surface area contributed by atoms with E-state index >= 15 is 0 Å². The van der Waals surface area contributed by atoms with Crippen molar-refractivity contribution in [2.24, 2.45) is 11.8 Å². The van der Waals surface area contributed by atoms with E-state index in [0.717, 1.165) is 29.2 Å². The van der Waals surface area contributed by atoms with Crippen molar-refractivity contribution < 1.29 is 4.52 Å². The second kappa shape index (κ2) is 4.16. The van der Waals surface area contributed by atoms with E-state index in [0.29, 0.717) is 12.3 Å². The van der Waals surface area contributed by atoms with Crippen molar-refractivity contribution in [1.82, 2.24) is 15.1 Å². The average Bonchev–Trinajstić information content (AvgIpc) is 3.28. The van der Waals surface area contributed by atoms with Gasteiger partial charge in [-0.15, -0.1) is 11.3 Å². The van der Waals surface area contributed by atoms with Crippen LogP contribution in [0.25, 0.3) is 0 Å². The quantitative estimate of drug-likeness (QED) is 0.830. The van der Waals surface area contributed by atoms with Crippen LogP contribution in [0.1, 0.15) is 49.0 Å². The van der Waals surface area contributed by atoms with Crippen LogP contribution in [-0.2, 0) is 6.42 Å². The third kappa shape index (κ3) is 2.07. The van der Waals surface area contributed by atoms with Gasteiger partial charge < -0.3 is 4.52 Å². The van der Waals surface area contributed by atoms with Crippen LogP contribution in [0.4, 0.5) is 0 Å². The standard InChI is InChI=1S/C13H15N3OS/c1-2-8(1)12(9-3-4-9)13-15-11(16-17-13)5-10-6-18-7-14-10/h6-9,12H,1-5H2. The number of rotatable bonds is 5. The zero-order chi connectivity index (χ0) is 11.9. The van der Waals surface area contributed by atoms with Gasteiger partial charge in [-0.2, -0.15) is 4.98 Å². The Morgan fingerprint density at radius 3 is 2.67 bits per heavy atom. The number of nitrogens with zero attached hydrogens (tertiary/aromatic N) is 3. The van der Waals surface area contributed by atoms with E-state index in [1.54, 1.807) is 11.3 Å². The van der Waals surface area contributed by atoms with Crippen molar-refractivity contribution in [3.05, 3.63) is 28.3 Å². The SMILES string of the molecule is c1nc(Cc2noc(C(C3CC3)C3CC3)n2)cs1. The van der Waals surface area contributed by atoms with Crippen molar-refractivity contribution >= 4 is 11.3 Å². The van der Waals surface area contributed by atoms with E-state index in [9.17, 15) is 0 Å². The molecule has 4 nitrogen and oxygen atoms in total. The summed E-state index contributed by atoms with van der Waals surface area (Å²) in [6.45, 7) is 0. The van der Waals surface area contributed by atoms with Crippen LogP contribution in [0.2, 0.25) is 0 Å². The smallest absolute Gasteiger partial charge is 0.230 e. The molecule has 2 fully saturated rings. The minimum atomic E-state index is 0.543. The van der Waals surface area contributed by atoms with Crippen LogP contribution in [0.5, 0.6) is 0 Å². The summed E-state index contributed by atoms with van der Waals surface area (Å²) in [7, 11) is 0. The van der Waals surface area contributed by atoms with E-state index in [1.165, 1.54) is 25.7 Å². The molecule has 0 aromatic carbocycles. The van der Waals surface area contributed by atoms with Crippen LogP contribution in [-0.4, -0.2) is 15.1 Å². The van der Waals surface area contributed by atoms with Crippen molar-refractivity contribution in [2.45, 2.75) is 38.0 Å². The summed E-state index contributed by atoms with van der Waals surface area (Å²) in [6.07, 6.45) is 6.04. The molecule has 0 radical (unpaired) electrons. The monoisotopic (exact) mass is 261 g/mol. The van der Waals surface area contributed by atoms with Crippen LogP contribution in [0.3, 0.4) is 0 Å². The third-order valence-electron chi connectivity index (χ3n) is 3.85. The molecule has 2 aliphatic rings. The van der Waals surface area contributed by atoms with Gasteiger partial charge >= 0.3 is 0 Å². The molecule has 4 rings (SSSR count). The largest absolute Gasteiger partial charge is 0.339 e. The molecule has 5 heteroatoms. The maximum absolute atomic E-state index is 5.49. The Labute approximate surface area is 109 Å². The fraction of sp³-hybridized carbons (Fsp3) is 0.615. The van der Waals surface area contributed by atoms with Crippen molar-refractivity contribution in [2.75, 3.05) is 0 Å². The lowest BCUT2D eigenvalue weighted by Crippen LogP contribution is -2.04. The van der Waals surface area contributed by atoms with E-state index in [-0.39, 0.29) is 0 Å². The number of hydrogen-bond donors (Lipinski definition) is 0. The van der Waals surface area contributed by atoms with E-state index in [4.69, 9.17) is 4.52 Å². The molecule has 0 aliphatic heterocycles. The van der Waals surface area contributed by atoms with Crippen molar-refractivity contribution in [3.63, 3.8) is 0 Å². The zero-order valence-corrected chi connectivity index (χ0v) is 10.9. The van der Waals surface area contributed by atoms with E-state index < -0.39 is 0 Å². The summed E-state index contributed by atoms with van der Waals surface area (Å²) in [5, 5.41) is 6.15. The highest BCUT2D eigenvalue weighted by molar-refractivity contribution is 7.07. The molecule has 94 valence electrons. The minimum Gasteiger partial charge on any atom is -0.339 e. The second-order valence-electron chi connectivity index (χ2n) is 5.41. The third-order valence-corrected chi connectivity index (χ3v) is 4.49. The fourth-order valence-electron chi connectivity index (χ4n) is 2.66. The van der Waals surface area contributed by atoms with Gasteiger partial charge in [-0.25, -0.2) is 4.98 Å². The first kappa shape index (κ1) is 10.7. The molecule has 2 saturated carbocycles. The summed E-state index contributed by atoms with van der Waals surface area (Å²) in [4.78, 5) is 8.85. The van der Waals surface area contributed by atoms with E-state index in [1.807, 2.05) is 10.9 Å². The Morgan fingerprint density at radius 1 is 1.28 bits per heavy atom. The Morgan fingerprint density at radius 2 is 2.06 bits per heavy atom. The second-order valence-corrected chi connectivity index (χ2v) is 6.12. The lowest BCUT2D eigenvalue weighted by atomic mass is 9.98. The molecule has 0 bridgehead atoms. The predicted octanol–water partition coefficient (Wildman–Crippen LogP) is 3.02. The van der Waals surface area contributed by atoms with Gasteiger partial charge in [0.05, 0.1) is 17.6 Å². The summed E-state index contributed by atoms with van der Waals surface area (Å²) in [5.74, 6) is 3.82. The highest BCUT2D eigenvalue weighted by Crippen LogP contribution is 2.53. The van der Waals surface area contributed by atoms with Gasteiger partial charge in [0.1, 0.15) is 0 Å². The number of hydrogen-bond acceptors (Lipinski definition) is 5. The molecule has 0 N–H and O–H groups in total. The molecular formula is C13H15N3OS. The Kier molecular flexibility index (Phi) is 2.46. The van der Waals surface area contributed by atoms with Gasteiger partial charge in [0.25, 0.3) is 0 Å². The van der Waals surface area contributed by atoms with Crippen LogP contribution in [0.15, 0.2) is 15.4 Å². The maximum atomic E-state index is 5.49. The summed E-state index contributed by atoms with van der Waals surface area (Å²) < 4.78 is 5.49. The molecule has 18 heavy (non-hydrogen) atoms. The molecular weight excluding hydrogens is 246 g/mol. The van der Waals surface area contributed by atoms with Gasteiger partial charge in [-0.05, 0) is 37.5 Å². The molecule has 0 atom stereocenters. The molecule has 0 saturated heterocycles. The van der Waals surface area contributed by atoms with Gasteiger partial charge in [0.2, 0.25) is 5.89 Å². The maximum Gasteiger partial charge on any atom is 0.230 e. The molecule has 2 aliphatic carbocycles. The highest BCUT2D eigenvalue weighted by atomic mass is 32.1. The van der Waals surface area contributed by atoms with Gasteiger partial charge in [-0.3, -0.25) is 0 Å². The number of thiazole rings is 1. The van der Waals surface area contributed by atoms with Gasteiger partial charge in [0.15, 0.2) is 5.82 Å². The van der Waals surface area contributed by atoms with E-state index in [2.05, 4.69) is 15.1 Å². The molecule has 2 aromatic rings. The van der Waals surface area contributed by atoms with Crippen LogP contribution < -0.4 is 0 Å². The average molecular weight is 261 g/mol. The topological polar surface area (TPSA) is 51.8 Å². The van der Waals surface area contributed by atoms with Crippen molar-refractivity contribution in [3.8, 4) is 0 Å². The summed E-state index contributed by atoms with van der Waals surface area (Å²) in [6, 6.07) is 0. The molecule has 0 amide bonds. The Bertz CT molecular complexity index is 516. The van der Waals surface area contributed by atoms with Crippen molar-refractivity contribution in [1.29, 1.82) is 0 Å². The first-order valence-electron chi connectivity index (χ1n) is 6.59. The fourth-order valence-corrected chi connectivity index (χ4v) is 3.22. The predicted molar refractivity (Wildman–Crippen MR) is 67.4 cm³/mol. The molecule has 2 heterocycles. The zero-order valence-electron chi connectivity index (χ0n) is 10.1. The summed E-state index contributed by atoms with van der Waals surface area (Å²) in [5.41, 5.74) is 2.87. The Balaban J connectivity index is 1.53. The van der Waals surface area contributed by atoms with Gasteiger partial charge in [0, 0.05) is 11.3 Å². The van der Waals surface area contributed by atoms with Gasteiger partial charge in [-0.1, -0.05) is 5.16 Å². The minimum absolute atomic E-state index is 0.543. The molecule has 0 spiro atoms. The molecule has 0 unspecified atom stereocenters. The molecule has 2 aromatic heterocycles. The van der Waals surface area contributed by atoms with Crippen LogP contribution >= 0.6 is 11.3 Å². The normalized spacial score (nSPS) is 19.6. The lowest BCUT2D eigenvalue weighted by Gasteiger charge is -2.08. The Hall–Kier alpha value is -1.23. The first-order valence-corrected chi connectivity index (χ1v) is 7.54. The number of aromatic nitrogens is 3. The summed E-state index contributed by atoms with van der Waals surface area (Å²) >= 11 is 1.60. The lowest BCUT2D eigenvalue weighted by molar-refractivity contribution is 0.323. The first-order chi connectivity index (χ1) is 8.90. The highest BCUT2D eigenvalue weighted by Gasteiger charge is 2.45.